The minimum absolute atomic E-state index is 0.0206. The Morgan fingerprint density at radius 3 is 2.48 bits per heavy atom. The molecule has 0 fully saturated rings. The molecule has 0 aromatic carbocycles. The molecule has 21 heavy (non-hydrogen) atoms. The van der Waals surface area contributed by atoms with E-state index in [4.69, 9.17) is 5.73 Å². The molecule has 0 spiro atoms. The van der Waals surface area contributed by atoms with E-state index in [1.165, 1.54) is 6.92 Å². The summed E-state index contributed by atoms with van der Waals surface area (Å²) in [6.07, 6.45) is -8.86. The van der Waals surface area contributed by atoms with Crippen LogP contribution in [0.25, 0.3) is 0 Å². The number of halogens is 5. The van der Waals surface area contributed by atoms with Crippen molar-refractivity contribution in [3.8, 4) is 0 Å². The van der Waals surface area contributed by atoms with Crippen LogP contribution in [0.2, 0.25) is 0 Å². The average molecular weight is 312 g/mol. The number of alkyl halides is 5. The first kappa shape index (κ1) is 17.3. The predicted octanol–water partition coefficient (Wildman–Crippen LogP) is 2.60. The number of pyridine rings is 1. The summed E-state index contributed by atoms with van der Waals surface area (Å²) < 4.78 is 69.0. The van der Waals surface area contributed by atoms with Crippen LogP contribution in [0.15, 0.2) is 6.20 Å². The first-order chi connectivity index (χ1) is 9.72. The summed E-state index contributed by atoms with van der Waals surface area (Å²) in [7, 11) is 0. The van der Waals surface area contributed by atoms with Gasteiger partial charge in [-0.05, 0) is 12.5 Å². The van der Waals surface area contributed by atoms with Gasteiger partial charge in [0.1, 0.15) is 0 Å². The quantitative estimate of drug-likeness (QED) is 0.670. The maximum atomic E-state index is 13.1. The van der Waals surface area contributed by atoms with Gasteiger partial charge < -0.3 is 10.5 Å². The zero-order chi connectivity index (χ0) is 16.2. The van der Waals surface area contributed by atoms with Crippen LogP contribution in [-0.4, -0.2) is 17.6 Å². The lowest BCUT2D eigenvalue weighted by Crippen LogP contribution is -2.19. The third-order valence-corrected chi connectivity index (χ3v) is 2.66. The van der Waals surface area contributed by atoms with Crippen molar-refractivity contribution < 1.29 is 31.5 Å². The van der Waals surface area contributed by atoms with Crippen LogP contribution in [0.4, 0.5) is 22.0 Å². The molecule has 1 aromatic heterocycles. The molecule has 0 unspecified atom stereocenters. The van der Waals surface area contributed by atoms with Crippen LogP contribution in [-0.2, 0) is 28.7 Å². The van der Waals surface area contributed by atoms with Crippen molar-refractivity contribution in [1.82, 2.24) is 4.98 Å². The number of hydrogen-bond donors (Lipinski definition) is 1. The zero-order valence-electron chi connectivity index (χ0n) is 11.0. The number of ether oxygens (including phenoxy) is 1. The molecule has 0 radical (unpaired) electrons. The van der Waals surface area contributed by atoms with E-state index in [9.17, 15) is 26.7 Å². The Morgan fingerprint density at radius 2 is 2.05 bits per heavy atom. The number of nitrogens with zero attached hydrogens (tertiary/aromatic N) is 1. The molecule has 118 valence electrons. The van der Waals surface area contributed by atoms with Crippen LogP contribution < -0.4 is 5.73 Å². The second-order valence-electron chi connectivity index (χ2n) is 4.00. The number of carbonyl (C=O) groups is 1. The minimum atomic E-state index is -5.00. The molecule has 4 nitrogen and oxygen atoms in total. The van der Waals surface area contributed by atoms with Gasteiger partial charge in [-0.1, -0.05) is 0 Å². The van der Waals surface area contributed by atoms with Crippen LogP contribution in [0.5, 0.6) is 0 Å². The van der Waals surface area contributed by atoms with E-state index in [0.717, 1.165) is 0 Å². The van der Waals surface area contributed by atoms with Gasteiger partial charge in [0.15, 0.2) is 0 Å². The maximum absolute atomic E-state index is 13.1. The molecule has 0 aliphatic heterocycles. The highest BCUT2D eigenvalue weighted by Crippen LogP contribution is 2.38. The number of esters is 1. The van der Waals surface area contributed by atoms with E-state index in [0.29, 0.717) is 6.20 Å². The number of rotatable bonds is 5. The molecule has 2 N–H and O–H groups in total. The lowest BCUT2D eigenvalue weighted by molar-refractivity contribution is -0.143. The largest absolute Gasteiger partial charge is 0.466 e. The fourth-order valence-corrected chi connectivity index (χ4v) is 1.81. The normalized spacial score (nSPS) is 11.8. The molecule has 9 heteroatoms. The third-order valence-electron chi connectivity index (χ3n) is 2.66. The molecule has 1 heterocycles. The first-order valence-corrected chi connectivity index (χ1v) is 5.94. The molecular formula is C12H13F5N2O2. The molecular weight excluding hydrogens is 299 g/mol. The number of hydrogen-bond acceptors (Lipinski definition) is 4. The standard InChI is InChI=1S/C12H13F5N2O2/c1-2-21-9(20)3-6-8(4-18)19-5-7(12(15,16)17)10(6)11(13)14/h5,11H,2-4,18H2,1H3. The Hall–Kier alpha value is -1.77. The summed E-state index contributed by atoms with van der Waals surface area (Å²) in [6.45, 7) is 1.10. The topological polar surface area (TPSA) is 65.2 Å². The van der Waals surface area contributed by atoms with Crippen molar-refractivity contribution in [2.45, 2.75) is 32.5 Å². The van der Waals surface area contributed by atoms with Gasteiger partial charge in [-0.25, -0.2) is 8.78 Å². The average Bonchev–Trinajstić information content (AvgIpc) is 2.36. The van der Waals surface area contributed by atoms with Gasteiger partial charge in [-0.2, -0.15) is 13.2 Å². The minimum Gasteiger partial charge on any atom is -0.466 e. The Labute approximate surface area is 117 Å². The summed E-state index contributed by atoms with van der Waals surface area (Å²) in [5.74, 6) is -0.921. The molecule has 0 aliphatic rings. The molecule has 1 aromatic rings. The second kappa shape index (κ2) is 6.79. The van der Waals surface area contributed by atoms with Crippen molar-refractivity contribution in [3.05, 3.63) is 28.6 Å². The Morgan fingerprint density at radius 1 is 1.43 bits per heavy atom. The Bertz CT molecular complexity index is 517. The summed E-state index contributed by atoms with van der Waals surface area (Å²) in [5, 5.41) is 0. The van der Waals surface area contributed by atoms with Crippen molar-refractivity contribution in [3.63, 3.8) is 0 Å². The second-order valence-corrected chi connectivity index (χ2v) is 4.00. The third kappa shape index (κ3) is 4.10. The lowest BCUT2D eigenvalue weighted by atomic mass is 9.98. The molecule has 0 bridgehead atoms. The van der Waals surface area contributed by atoms with Crippen LogP contribution in [0.3, 0.4) is 0 Å². The smallest absolute Gasteiger partial charge is 0.418 e. The first-order valence-electron chi connectivity index (χ1n) is 5.94. The van der Waals surface area contributed by atoms with E-state index in [1.54, 1.807) is 0 Å². The van der Waals surface area contributed by atoms with E-state index >= 15 is 0 Å². The van der Waals surface area contributed by atoms with Crippen LogP contribution in [0.1, 0.15) is 35.7 Å². The monoisotopic (exact) mass is 312 g/mol. The van der Waals surface area contributed by atoms with Gasteiger partial charge in [0.05, 0.1) is 24.3 Å². The molecule has 0 amide bonds. The van der Waals surface area contributed by atoms with Crippen molar-refractivity contribution in [2.75, 3.05) is 6.61 Å². The SMILES string of the molecule is CCOC(=O)Cc1c(CN)ncc(C(F)(F)F)c1C(F)F. The highest BCUT2D eigenvalue weighted by Gasteiger charge is 2.38. The van der Waals surface area contributed by atoms with Crippen molar-refractivity contribution in [1.29, 1.82) is 0 Å². The zero-order valence-corrected chi connectivity index (χ0v) is 11.0. The fourth-order valence-electron chi connectivity index (χ4n) is 1.81. The van der Waals surface area contributed by atoms with Gasteiger partial charge in [0.25, 0.3) is 6.43 Å². The Kier molecular flexibility index (Phi) is 5.59. The summed E-state index contributed by atoms with van der Waals surface area (Å²) >= 11 is 0. The molecule has 0 aliphatic carbocycles. The van der Waals surface area contributed by atoms with Gasteiger partial charge >= 0.3 is 12.1 Å². The van der Waals surface area contributed by atoms with Crippen molar-refractivity contribution in [2.24, 2.45) is 5.73 Å². The van der Waals surface area contributed by atoms with Crippen molar-refractivity contribution >= 4 is 5.97 Å². The number of nitrogens with two attached hydrogens (primary N) is 1. The van der Waals surface area contributed by atoms with E-state index < -0.39 is 41.7 Å². The summed E-state index contributed by atoms with van der Waals surface area (Å²) in [4.78, 5) is 14.8. The van der Waals surface area contributed by atoms with Gasteiger partial charge in [0, 0.05) is 18.3 Å². The van der Waals surface area contributed by atoms with Crippen LogP contribution >= 0.6 is 0 Å². The maximum Gasteiger partial charge on any atom is 0.418 e. The Balaban J connectivity index is 3.45. The fraction of sp³-hybridized carbons (Fsp3) is 0.500. The van der Waals surface area contributed by atoms with E-state index in [-0.39, 0.29) is 18.8 Å². The molecule has 0 saturated heterocycles. The number of carbonyl (C=O) groups excluding carboxylic acids is 1. The van der Waals surface area contributed by atoms with Gasteiger partial charge in [0.2, 0.25) is 0 Å². The van der Waals surface area contributed by atoms with E-state index in [1.807, 2.05) is 0 Å². The molecule has 0 atom stereocenters. The van der Waals surface area contributed by atoms with Gasteiger partial charge in [-0.15, -0.1) is 0 Å². The summed E-state index contributed by atoms with van der Waals surface area (Å²) in [6, 6.07) is 0. The van der Waals surface area contributed by atoms with Gasteiger partial charge in [-0.3, -0.25) is 9.78 Å². The predicted molar refractivity (Wildman–Crippen MR) is 62.4 cm³/mol. The highest BCUT2D eigenvalue weighted by molar-refractivity contribution is 5.73. The lowest BCUT2D eigenvalue weighted by Gasteiger charge is -2.18. The van der Waals surface area contributed by atoms with E-state index in [2.05, 4.69) is 9.72 Å². The van der Waals surface area contributed by atoms with Crippen LogP contribution in [0, 0.1) is 0 Å². The molecule has 0 saturated carbocycles. The highest BCUT2D eigenvalue weighted by atomic mass is 19.4. The molecule has 1 rings (SSSR count). The number of aromatic nitrogens is 1. The summed E-state index contributed by atoms with van der Waals surface area (Å²) in [5.41, 5.74) is 1.72.